The molecule has 0 amide bonds. The first-order valence-electron chi connectivity index (χ1n) is 7.10. The molecule has 1 atom stereocenters. The summed E-state index contributed by atoms with van der Waals surface area (Å²) in [6, 6.07) is 0. The number of hydrogen-bond donors (Lipinski definition) is 0. The molecular formula is C18H18O4. The highest BCUT2D eigenvalue weighted by atomic mass is 16.5. The van der Waals surface area contributed by atoms with Crippen LogP contribution in [0.5, 0.6) is 0 Å². The standard InChI is InChI=1S/C18H18O4/c1-4-5-6-12-10-16(22-18(12)21)17-13(9-11(2)3)14(19)7-8-15(17)20/h4,7-8,10,16H,1-2,5-6,9H2,3H3/t16-/m0/s1. The smallest absolute Gasteiger partial charge is 0.334 e. The van der Waals surface area contributed by atoms with Crippen LogP contribution in [0.15, 0.2) is 59.8 Å². The lowest BCUT2D eigenvalue weighted by atomic mass is 9.87. The number of cyclic esters (lactones) is 1. The van der Waals surface area contributed by atoms with Gasteiger partial charge in [0.2, 0.25) is 0 Å². The second-order valence-electron chi connectivity index (χ2n) is 5.43. The summed E-state index contributed by atoms with van der Waals surface area (Å²) in [6.45, 7) is 9.18. The second-order valence-corrected chi connectivity index (χ2v) is 5.43. The van der Waals surface area contributed by atoms with E-state index >= 15 is 0 Å². The summed E-state index contributed by atoms with van der Waals surface area (Å²) in [5.74, 6) is -0.972. The molecule has 22 heavy (non-hydrogen) atoms. The Morgan fingerprint density at radius 2 is 1.95 bits per heavy atom. The summed E-state index contributed by atoms with van der Waals surface area (Å²) in [4.78, 5) is 36.1. The van der Waals surface area contributed by atoms with Gasteiger partial charge < -0.3 is 4.74 Å². The molecule has 0 aromatic carbocycles. The quantitative estimate of drug-likeness (QED) is 0.430. The van der Waals surface area contributed by atoms with E-state index in [1.165, 1.54) is 12.2 Å². The van der Waals surface area contributed by atoms with E-state index in [4.69, 9.17) is 4.74 Å². The van der Waals surface area contributed by atoms with Crippen molar-refractivity contribution in [2.24, 2.45) is 0 Å². The van der Waals surface area contributed by atoms with Gasteiger partial charge in [-0.15, -0.1) is 6.58 Å². The van der Waals surface area contributed by atoms with Crippen LogP contribution in [0.1, 0.15) is 26.2 Å². The molecule has 4 nitrogen and oxygen atoms in total. The summed E-state index contributed by atoms with van der Waals surface area (Å²) in [5.41, 5.74) is 1.89. The van der Waals surface area contributed by atoms with Gasteiger partial charge in [-0.05, 0) is 44.4 Å². The Morgan fingerprint density at radius 3 is 2.59 bits per heavy atom. The van der Waals surface area contributed by atoms with E-state index in [1.54, 1.807) is 19.1 Å². The molecule has 0 aromatic rings. The molecule has 2 rings (SSSR count). The van der Waals surface area contributed by atoms with Crippen LogP contribution in [0.25, 0.3) is 0 Å². The van der Waals surface area contributed by atoms with Gasteiger partial charge in [0.25, 0.3) is 0 Å². The third-order valence-electron chi connectivity index (χ3n) is 3.50. The van der Waals surface area contributed by atoms with Gasteiger partial charge in [-0.2, -0.15) is 0 Å². The molecule has 0 saturated heterocycles. The minimum atomic E-state index is -0.789. The van der Waals surface area contributed by atoms with Crippen molar-refractivity contribution in [3.8, 4) is 0 Å². The van der Waals surface area contributed by atoms with E-state index in [-0.39, 0.29) is 17.1 Å². The fraction of sp³-hybridized carbons (Fsp3) is 0.278. The fourth-order valence-corrected chi connectivity index (χ4v) is 2.48. The zero-order valence-corrected chi connectivity index (χ0v) is 12.6. The number of hydrogen-bond acceptors (Lipinski definition) is 4. The lowest BCUT2D eigenvalue weighted by Crippen LogP contribution is -2.24. The highest BCUT2D eigenvalue weighted by Gasteiger charge is 2.34. The molecule has 0 spiro atoms. The monoisotopic (exact) mass is 298 g/mol. The molecular weight excluding hydrogens is 280 g/mol. The van der Waals surface area contributed by atoms with Gasteiger partial charge in [0.15, 0.2) is 17.7 Å². The van der Waals surface area contributed by atoms with Gasteiger partial charge in [0, 0.05) is 11.1 Å². The molecule has 0 N–H and O–H groups in total. The van der Waals surface area contributed by atoms with E-state index in [9.17, 15) is 14.4 Å². The number of carbonyl (C=O) groups is 3. The molecule has 1 aliphatic heterocycles. The van der Waals surface area contributed by atoms with Gasteiger partial charge >= 0.3 is 5.97 Å². The lowest BCUT2D eigenvalue weighted by Gasteiger charge is -2.18. The first-order valence-corrected chi connectivity index (χ1v) is 7.10. The van der Waals surface area contributed by atoms with Crippen LogP contribution in [0.4, 0.5) is 0 Å². The van der Waals surface area contributed by atoms with Crippen LogP contribution < -0.4 is 0 Å². The van der Waals surface area contributed by atoms with Gasteiger partial charge in [-0.3, -0.25) is 9.59 Å². The van der Waals surface area contributed by atoms with E-state index in [0.29, 0.717) is 30.4 Å². The molecule has 114 valence electrons. The minimum absolute atomic E-state index is 0.235. The Balaban J connectivity index is 2.38. The largest absolute Gasteiger partial charge is 0.450 e. The van der Waals surface area contributed by atoms with E-state index in [1.807, 2.05) is 0 Å². The topological polar surface area (TPSA) is 60.4 Å². The van der Waals surface area contributed by atoms with Crippen molar-refractivity contribution >= 4 is 17.5 Å². The molecule has 1 heterocycles. The first kappa shape index (κ1) is 15.9. The van der Waals surface area contributed by atoms with Crippen LogP contribution in [0, 0.1) is 0 Å². The zero-order valence-electron chi connectivity index (χ0n) is 12.6. The van der Waals surface area contributed by atoms with Crippen LogP contribution in [0.2, 0.25) is 0 Å². The summed E-state index contributed by atoms with van der Waals surface area (Å²) < 4.78 is 5.28. The van der Waals surface area contributed by atoms with Gasteiger partial charge in [0.05, 0.1) is 5.57 Å². The highest BCUT2D eigenvalue weighted by Crippen LogP contribution is 2.30. The molecule has 0 radical (unpaired) electrons. The fourth-order valence-electron chi connectivity index (χ4n) is 2.48. The maximum atomic E-state index is 12.2. The summed E-state index contributed by atoms with van der Waals surface area (Å²) in [7, 11) is 0. The SMILES string of the molecule is C=CCCC1=C[C@@H](C2=C(CC(=C)C)C(=O)C=CC2=O)OC1=O. The molecule has 0 aromatic heterocycles. The number of ketones is 2. The average Bonchev–Trinajstić information content (AvgIpc) is 2.81. The third-order valence-corrected chi connectivity index (χ3v) is 3.50. The Hall–Kier alpha value is -2.49. The van der Waals surface area contributed by atoms with Crippen molar-refractivity contribution in [3.05, 3.63) is 59.8 Å². The highest BCUT2D eigenvalue weighted by molar-refractivity contribution is 6.21. The van der Waals surface area contributed by atoms with Crippen molar-refractivity contribution in [2.45, 2.75) is 32.3 Å². The predicted octanol–water partition coefficient (Wildman–Crippen LogP) is 2.78. The Bertz CT molecular complexity index is 659. The van der Waals surface area contributed by atoms with E-state index in [0.717, 1.165) is 5.57 Å². The molecule has 0 unspecified atom stereocenters. The van der Waals surface area contributed by atoms with Gasteiger partial charge in [-0.25, -0.2) is 4.79 Å². The van der Waals surface area contributed by atoms with Crippen LogP contribution in [-0.4, -0.2) is 23.6 Å². The van der Waals surface area contributed by atoms with Gasteiger partial charge in [0.1, 0.15) is 0 Å². The predicted molar refractivity (Wildman–Crippen MR) is 83.0 cm³/mol. The van der Waals surface area contributed by atoms with Crippen molar-refractivity contribution in [1.82, 2.24) is 0 Å². The number of allylic oxidation sites excluding steroid dienone is 5. The minimum Gasteiger partial charge on any atom is -0.450 e. The summed E-state index contributed by atoms with van der Waals surface area (Å²) in [6.07, 6.45) is 6.50. The number of rotatable bonds is 6. The maximum absolute atomic E-state index is 12.2. The van der Waals surface area contributed by atoms with Crippen molar-refractivity contribution in [1.29, 1.82) is 0 Å². The van der Waals surface area contributed by atoms with Crippen molar-refractivity contribution < 1.29 is 19.1 Å². The van der Waals surface area contributed by atoms with E-state index in [2.05, 4.69) is 13.2 Å². The molecule has 4 heteroatoms. The second kappa shape index (κ2) is 6.52. The molecule has 0 fully saturated rings. The van der Waals surface area contributed by atoms with Gasteiger partial charge in [-0.1, -0.05) is 18.2 Å². The molecule has 2 aliphatic rings. The normalized spacial score (nSPS) is 21.0. The number of esters is 1. The maximum Gasteiger partial charge on any atom is 0.334 e. The summed E-state index contributed by atoms with van der Waals surface area (Å²) >= 11 is 0. The lowest BCUT2D eigenvalue weighted by molar-refractivity contribution is -0.139. The Labute approximate surface area is 129 Å². The Kier molecular flexibility index (Phi) is 4.71. The van der Waals surface area contributed by atoms with Crippen LogP contribution >= 0.6 is 0 Å². The van der Waals surface area contributed by atoms with Crippen LogP contribution in [-0.2, 0) is 19.1 Å². The molecule has 1 aliphatic carbocycles. The molecule has 0 saturated carbocycles. The van der Waals surface area contributed by atoms with E-state index < -0.39 is 12.1 Å². The zero-order chi connectivity index (χ0) is 16.3. The van der Waals surface area contributed by atoms with Crippen LogP contribution in [0.3, 0.4) is 0 Å². The molecule has 0 bridgehead atoms. The number of ether oxygens (including phenoxy) is 1. The Morgan fingerprint density at radius 1 is 1.27 bits per heavy atom. The van der Waals surface area contributed by atoms with Crippen molar-refractivity contribution in [2.75, 3.05) is 0 Å². The third kappa shape index (κ3) is 3.22. The number of carbonyl (C=O) groups excluding carboxylic acids is 3. The summed E-state index contributed by atoms with van der Waals surface area (Å²) in [5, 5.41) is 0. The average molecular weight is 298 g/mol. The first-order chi connectivity index (χ1) is 10.4. The van der Waals surface area contributed by atoms with Crippen molar-refractivity contribution in [3.63, 3.8) is 0 Å².